The maximum absolute atomic E-state index is 12.8. The molecular formula is C26H30N4O4S. The van der Waals surface area contributed by atoms with E-state index in [2.05, 4.69) is 25.9 Å². The van der Waals surface area contributed by atoms with E-state index in [1.165, 1.54) is 0 Å². The summed E-state index contributed by atoms with van der Waals surface area (Å²) in [7, 11) is 1.55. The quantitative estimate of drug-likeness (QED) is 0.460. The Morgan fingerprint density at radius 1 is 1.06 bits per heavy atom. The van der Waals surface area contributed by atoms with Crippen LogP contribution in [0.2, 0.25) is 0 Å². The number of para-hydroxylation sites is 2. The molecule has 1 saturated heterocycles. The first kappa shape index (κ1) is 24.7. The summed E-state index contributed by atoms with van der Waals surface area (Å²) in [6, 6.07) is 14.3. The molecule has 184 valence electrons. The molecule has 3 aromatic rings. The van der Waals surface area contributed by atoms with Crippen LogP contribution in [0.3, 0.4) is 0 Å². The Kier molecular flexibility index (Phi) is 8.33. The van der Waals surface area contributed by atoms with Crippen molar-refractivity contribution in [2.24, 2.45) is 5.92 Å². The van der Waals surface area contributed by atoms with Gasteiger partial charge in [-0.25, -0.2) is 4.98 Å². The van der Waals surface area contributed by atoms with Crippen LogP contribution < -0.4 is 20.1 Å². The number of anilines is 2. The second kappa shape index (κ2) is 11.8. The van der Waals surface area contributed by atoms with E-state index in [0.29, 0.717) is 22.9 Å². The number of aryl methyl sites for hydroxylation is 1. The maximum atomic E-state index is 12.8. The number of likely N-dealkylation sites (tertiary alicyclic amines) is 1. The zero-order valence-corrected chi connectivity index (χ0v) is 20.8. The largest absolute Gasteiger partial charge is 0.493 e. The van der Waals surface area contributed by atoms with Gasteiger partial charge < -0.3 is 20.1 Å². The second-order valence-corrected chi connectivity index (χ2v) is 9.53. The average Bonchev–Trinajstić information content (AvgIpc) is 3.28. The molecule has 8 nitrogen and oxygen atoms in total. The van der Waals surface area contributed by atoms with Gasteiger partial charge in [0.25, 0.3) is 5.91 Å². The molecule has 0 saturated carbocycles. The van der Waals surface area contributed by atoms with Gasteiger partial charge in [-0.05, 0) is 63.2 Å². The van der Waals surface area contributed by atoms with Crippen LogP contribution in [0, 0.1) is 12.8 Å². The number of hydrogen-bond donors (Lipinski definition) is 2. The van der Waals surface area contributed by atoms with Crippen molar-refractivity contribution < 1.29 is 19.1 Å². The molecule has 2 N–H and O–H groups in total. The number of amides is 2. The monoisotopic (exact) mass is 494 g/mol. The summed E-state index contributed by atoms with van der Waals surface area (Å²) < 4.78 is 10.8. The average molecular weight is 495 g/mol. The molecule has 1 fully saturated rings. The van der Waals surface area contributed by atoms with E-state index < -0.39 is 0 Å². The Bertz CT molecular complexity index is 1160. The summed E-state index contributed by atoms with van der Waals surface area (Å²) in [5, 5.41) is 8.99. The highest BCUT2D eigenvalue weighted by molar-refractivity contribution is 7.09. The van der Waals surface area contributed by atoms with Crippen LogP contribution in [0.4, 0.5) is 11.4 Å². The third-order valence-corrected chi connectivity index (χ3v) is 6.67. The van der Waals surface area contributed by atoms with E-state index in [-0.39, 0.29) is 24.3 Å². The molecule has 0 bridgehead atoms. The number of thiazole rings is 1. The van der Waals surface area contributed by atoms with Gasteiger partial charge in [0.1, 0.15) is 0 Å². The van der Waals surface area contributed by atoms with Gasteiger partial charge >= 0.3 is 0 Å². The van der Waals surface area contributed by atoms with Gasteiger partial charge in [-0.2, -0.15) is 0 Å². The van der Waals surface area contributed by atoms with Crippen molar-refractivity contribution in [2.75, 3.05) is 37.4 Å². The summed E-state index contributed by atoms with van der Waals surface area (Å²) in [6.07, 6.45) is 1.62. The zero-order chi connectivity index (χ0) is 24.6. The van der Waals surface area contributed by atoms with E-state index in [4.69, 9.17) is 9.47 Å². The standard InChI is InChI=1S/C26H30N4O4S/c1-18-27-22(17-35-18)15-30-12-10-19(11-13-30)26(32)29-21-7-5-6-20(14-21)28-25(31)16-34-24-9-4-3-8-23(24)33-2/h3-9,14,17,19H,10-13,15-16H2,1-2H3,(H,28,31)(H,29,32). The van der Waals surface area contributed by atoms with Crippen molar-refractivity contribution >= 4 is 34.5 Å². The van der Waals surface area contributed by atoms with Crippen molar-refractivity contribution in [1.82, 2.24) is 9.88 Å². The van der Waals surface area contributed by atoms with E-state index in [0.717, 1.165) is 43.2 Å². The number of hydrogen-bond acceptors (Lipinski definition) is 7. The third kappa shape index (κ3) is 7.03. The van der Waals surface area contributed by atoms with Gasteiger partial charge in [0.2, 0.25) is 5.91 Å². The highest BCUT2D eigenvalue weighted by atomic mass is 32.1. The SMILES string of the molecule is COc1ccccc1OCC(=O)Nc1cccc(NC(=O)C2CCN(Cc3csc(C)n3)CC2)c1. The molecular weight excluding hydrogens is 464 g/mol. The van der Waals surface area contributed by atoms with Gasteiger partial charge in [0, 0.05) is 29.2 Å². The number of methoxy groups -OCH3 is 1. The Hall–Kier alpha value is -3.43. The summed E-state index contributed by atoms with van der Waals surface area (Å²) in [5.74, 6) is 0.739. The number of piperidine rings is 1. The van der Waals surface area contributed by atoms with Gasteiger partial charge in [-0.3, -0.25) is 14.5 Å². The van der Waals surface area contributed by atoms with E-state index in [1.54, 1.807) is 48.8 Å². The van der Waals surface area contributed by atoms with E-state index in [9.17, 15) is 9.59 Å². The Labute approximate surface area is 209 Å². The number of nitrogens with zero attached hydrogens (tertiary/aromatic N) is 2. The number of carbonyl (C=O) groups excluding carboxylic acids is 2. The zero-order valence-electron chi connectivity index (χ0n) is 20.0. The maximum Gasteiger partial charge on any atom is 0.262 e. The van der Waals surface area contributed by atoms with Crippen molar-refractivity contribution in [3.05, 3.63) is 64.6 Å². The minimum Gasteiger partial charge on any atom is -0.493 e. The summed E-state index contributed by atoms with van der Waals surface area (Å²) in [4.78, 5) is 32.1. The van der Waals surface area contributed by atoms with E-state index >= 15 is 0 Å². The lowest BCUT2D eigenvalue weighted by atomic mass is 9.95. The first-order valence-corrected chi connectivity index (χ1v) is 12.5. The lowest BCUT2D eigenvalue weighted by Crippen LogP contribution is -2.37. The summed E-state index contributed by atoms with van der Waals surface area (Å²) >= 11 is 1.67. The fraction of sp³-hybridized carbons (Fsp3) is 0.346. The molecule has 0 aliphatic carbocycles. The molecule has 0 unspecified atom stereocenters. The Morgan fingerprint density at radius 3 is 2.46 bits per heavy atom. The van der Waals surface area contributed by atoms with Crippen LogP contribution in [-0.4, -0.2) is 48.5 Å². The second-order valence-electron chi connectivity index (χ2n) is 8.47. The van der Waals surface area contributed by atoms with Crippen LogP contribution in [-0.2, 0) is 16.1 Å². The van der Waals surface area contributed by atoms with Crippen LogP contribution in [0.1, 0.15) is 23.5 Å². The van der Waals surface area contributed by atoms with Gasteiger partial charge in [-0.1, -0.05) is 18.2 Å². The molecule has 2 aromatic carbocycles. The molecule has 35 heavy (non-hydrogen) atoms. The van der Waals surface area contributed by atoms with Crippen molar-refractivity contribution in [3.63, 3.8) is 0 Å². The molecule has 1 aliphatic heterocycles. The van der Waals surface area contributed by atoms with Crippen LogP contribution >= 0.6 is 11.3 Å². The normalized spacial score (nSPS) is 14.3. The third-order valence-electron chi connectivity index (χ3n) is 5.85. The first-order valence-electron chi connectivity index (χ1n) is 11.6. The van der Waals surface area contributed by atoms with Crippen LogP contribution in [0.15, 0.2) is 53.9 Å². The van der Waals surface area contributed by atoms with Crippen molar-refractivity contribution in [2.45, 2.75) is 26.3 Å². The predicted molar refractivity (Wildman–Crippen MR) is 137 cm³/mol. The Morgan fingerprint density at radius 2 is 1.77 bits per heavy atom. The molecule has 1 aliphatic rings. The van der Waals surface area contributed by atoms with Gasteiger partial charge in [0.15, 0.2) is 18.1 Å². The fourth-order valence-electron chi connectivity index (χ4n) is 4.06. The topological polar surface area (TPSA) is 92.8 Å². The van der Waals surface area contributed by atoms with Gasteiger partial charge in [0.05, 0.1) is 17.8 Å². The van der Waals surface area contributed by atoms with Crippen molar-refractivity contribution in [3.8, 4) is 11.5 Å². The van der Waals surface area contributed by atoms with Crippen LogP contribution in [0.25, 0.3) is 0 Å². The fourth-order valence-corrected chi connectivity index (χ4v) is 4.66. The number of rotatable bonds is 9. The lowest BCUT2D eigenvalue weighted by molar-refractivity contribution is -0.121. The molecule has 2 heterocycles. The molecule has 2 amide bonds. The highest BCUT2D eigenvalue weighted by Crippen LogP contribution is 2.26. The smallest absolute Gasteiger partial charge is 0.262 e. The van der Waals surface area contributed by atoms with E-state index in [1.807, 2.05) is 25.1 Å². The van der Waals surface area contributed by atoms with Crippen LogP contribution in [0.5, 0.6) is 11.5 Å². The molecule has 4 rings (SSSR count). The minimum absolute atomic E-state index is 0.0112. The highest BCUT2D eigenvalue weighted by Gasteiger charge is 2.25. The Balaban J connectivity index is 1.24. The molecule has 0 atom stereocenters. The number of nitrogens with one attached hydrogen (secondary N) is 2. The molecule has 9 heteroatoms. The first-order chi connectivity index (χ1) is 17.0. The lowest BCUT2D eigenvalue weighted by Gasteiger charge is -2.30. The summed E-state index contributed by atoms with van der Waals surface area (Å²) in [6.45, 7) is 4.44. The molecule has 1 aromatic heterocycles. The van der Waals surface area contributed by atoms with Crippen molar-refractivity contribution in [1.29, 1.82) is 0 Å². The number of carbonyl (C=O) groups is 2. The number of ether oxygens (including phenoxy) is 2. The number of aromatic nitrogens is 1. The van der Waals surface area contributed by atoms with Gasteiger partial charge in [-0.15, -0.1) is 11.3 Å². The molecule has 0 radical (unpaired) electrons. The molecule has 0 spiro atoms. The summed E-state index contributed by atoms with van der Waals surface area (Å²) in [5.41, 5.74) is 2.34. The minimum atomic E-state index is -0.304. The number of benzene rings is 2. The predicted octanol–water partition coefficient (Wildman–Crippen LogP) is 4.33.